The first kappa shape index (κ1) is 17.4. The Bertz CT molecular complexity index is 892. The van der Waals surface area contributed by atoms with E-state index < -0.39 is 18.0 Å². The van der Waals surface area contributed by atoms with Gasteiger partial charge in [0.15, 0.2) is 17.6 Å². The molecule has 1 amide bonds. The molecule has 2 aromatic rings. The fourth-order valence-electron chi connectivity index (χ4n) is 3.35. The number of aryl methyl sites for hydroxylation is 2. The Labute approximate surface area is 157 Å². The number of nitrogens with one attached hydrogen (secondary N) is 1. The Hall–Kier alpha value is -3.02. The molecule has 1 heterocycles. The average molecular weight is 367 g/mol. The number of amides is 1. The third-order valence-corrected chi connectivity index (χ3v) is 4.80. The first-order valence-corrected chi connectivity index (χ1v) is 9.13. The minimum absolute atomic E-state index is 0.402. The molecule has 6 nitrogen and oxygen atoms in total. The number of carbonyl (C=O) groups excluding carboxylic acids is 2. The molecule has 2 aromatic carbocycles. The Kier molecular flexibility index (Phi) is 4.71. The number of esters is 1. The predicted octanol–water partition coefficient (Wildman–Crippen LogP) is 3.13. The summed E-state index contributed by atoms with van der Waals surface area (Å²) in [7, 11) is 0. The van der Waals surface area contributed by atoms with Crippen molar-refractivity contribution in [2.24, 2.45) is 0 Å². The molecule has 1 N–H and O–H groups in total. The molecular formula is C21H21NO5. The van der Waals surface area contributed by atoms with Crippen molar-refractivity contribution in [3.8, 4) is 11.5 Å². The molecule has 0 aromatic heterocycles. The average Bonchev–Trinajstić information content (AvgIpc) is 3.15. The Morgan fingerprint density at radius 1 is 1.00 bits per heavy atom. The number of anilines is 1. The van der Waals surface area contributed by atoms with E-state index in [0.29, 0.717) is 36.0 Å². The Morgan fingerprint density at radius 2 is 1.78 bits per heavy atom. The monoisotopic (exact) mass is 367 g/mol. The standard InChI is InChI=1S/C21H21NO5/c1-13(27-21(24)16-6-5-14-3-2-4-15(14)11-16)20(23)22-17-7-8-18-19(12-17)26-10-9-25-18/h5-8,11-13H,2-4,9-10H2,1H3,(H,22,23). The first-order chi connectivity index (χ1) is 13.1. The van der Waals surface area contributed by atoms with Crippen molar-refractivity contribution in [3.05, 3.63) is 53.1 Å². The van der Waals surface area contributed by atoms with Gasteiger partial charge in [0, 0.05) is 11.8 Å². The maximum Gasteiger partial charge on any atom is 0.338 e. The van der Waals surface area contributed by atoms with Crippen LogP contribution in [-0.4, -0.2) is 31.2 Å². The van der Waals surface area contributed by atoms with Gasteiger partial charge in [-0.25, -0.2) is 4.79 Å². The highest BCUT2D eigenvalue weighted by Crippen LogP contribution is 2.32. The lowest BCUT2D eigenvalue weighted by Crippen LogP contribution is -2.30. The third-order valence-electron chi connectivity index (χ3n) is 4.80. The number of hydrogen-bond acceptors (Lipinski definition) is 5. The summed E-state index contributed by atoms with van der Waals surface area (Å²) in [6.45, 7) is 2.53. The maximum atomic E-state index is 12.4. The van der Waals surface area contributed by atoms with Gasteiger partial charge in [-0.3, -0.25) is 4.79 Å². The van der Waals surface area contributed by atoms with Gasteiger partial charge in [-0.2, -0.15) is 0 Å². The van der Waals surface area contributed by atoms with Crippen molar-refractivity contribution in [2.45, 2.75) is 32.3 Å². The van der Waals surface area contributed by atoms with Gasteiger partial charge in [-0.1, -0.05) is 6.07 Å². The van der Waals surface area contributed by atoms with Gasteiger partial charge in [-0.05, 0) is 61.6 Å². The van der Waals surface area contributed by atoms with Crippen LogP contribution in [0.5, 0.6) is 11.5 Å². The lowest BCUT2D eigenvalue weighted by molar-refractivity contribution is -0.123. The molecule has 1 aliphatic heterocycles. The normalized spacial score (nSPS) is 15.6. The fourth-order valence-corrected chi connectivity index (χ4v) is 3.35. The van der Waals surface area contributed by atoms with Crippen LogP contribution in [-0.2, 0) is 22.4 Å². The Morgan fingerprint density at radius 3 is 2.63 bits per heavy atom. The zero-order valence-electron chi connectivity index (χ0n) is 15.1. The van der Waals surface area contributed by atoms with E-state index in [9.17, 15) is 9.59 Å². The van der Waals surface area contributed by atoms with Crippen LogP contribution in [0.15, 0.2) is 36.4 Å². The summed E-state index contributed by atoms with van der Waals surface area (Å²) in [6.07, 6.45) is 2.23. The van der Waals surface area contributed by atoms with Gasteiger partial charge in [0.2, 0.25) is 0 Å². The summed E-state index contributed by atoms with van der Waals surface area (Å²) in [5.41, 5.74) is 3.52. The summed E-state index contributed by atoms with van der Waals surface area (Å²) in [6, 6.07) is 10.8. The first-order valence-electron chi connectivity index (χ1n) is 9.13. The van der Waals surface area contributed by atoms with E-state index in [0.717, 1.165) is 19.3 Å². The van der Waals surface area contributed by atoms with E-state index in [1.165, 1.54) is 11.1 Å². The summed E-state index contributed by atoms with van der Waals surface area (Å²) < 4.78 is 16.3. The minimum Gasteiger partial charge on any atom is -0.486 e. The SMILES string of the molecule is CC(OC(=O)c1ccc2c(c1)CCC2)C(=O)Nc1ccc2c(c1)OCCO2. The van der Waals surface area contributed by atoms with Gasteiger partial charge in [0.05, 0.1) is 5.56 Å². The largest absolute Gasteiger partial charge is 0.486 e. The van der Waals surface area contributed by atoms with Crippen molar-refractivity contribution >= 4 is 17.6 Å². The van der Waals surface area contributed by atoms with Crippen LogP contribution < -0.4 is 14.8 Å². The number of hydrogen-bond donors (Lipinski definition) is 1. The number of benzene rings is 2. The summed E-state index contributed by atoms with van der Waals surface area (Å²) in [4.78, 5) is 24.7. The smallest absolute Gasteiger partial charge is 0.338 e. The van der Waals surface area contributed by atoms with Gasteiger partial charge < -0.3 is 19.5 Å². The molecular weight excluding hydrogens is 346 g/mol. The van der Waals surface area contributed by atoms with Crippen molar-refractivity contribution < 1.29 is 23.8 Å². The molecule has 1 unspecified atom stereocenters. The van der Waals surface area contributed by atoms with Crippen LogP contribution >= 0.6 is 0 Å². The van der Waals surface area contributed by atoms with Crippen molar-refractivity contribution in [1.82, 2.24) is 0 Å². The van der Waals surface area contributed by atoms with E-state index in [1.54, 1.807) is 31.2 Å². The van der Waals surface area contributed by atoms with Crippen molar-refractivity contribution in [2.75, 3.05) is 18.5 Å². The lowest BCUT2D eigenvalue weighted by Gasteiger charge is -2.19. The third kappa shape index (κ3) is 3.74. The fraction of sp³-hybridized carbons (Fsp3) is 0.333. The molecule has 0 saturated heterocycles. The zero-order valence-corrected chi connectivity index (χ0v) is 15.1. The van der Waals surface area contributed by atoms with Gasteiger partial charge in [-0.15, -0.1) is 0 Å². The van der Waals surface area contributed by atoms with Crippen LogP contribution in [0.4, 0.5) is 5.69 Å². The number of carbonyl (C=O) groups is 2. The molecule has 0 fully saturated rings. The van der Waals surface area contributed by atoms with Gasteiger partial charge in [0.1, 0.15) is 13.2 Å². The second kappa shape index (κ2) is 7.31. The van der Waals surface area contributed by atoms with Gasteiger partial charge >= 0.3 is 5.97 Å². The molecule has 1 aliphatic carbocycles. The van der Waals surface area contributed by atoms with Crippen LogP contribution in [0.2, 0.25) is 0 Å². The van der Waals surface area contributed by atoms with Crippen molar-refractivity contribution in [3.63, 3.8) is 0 Å². The molecule has 2 aliphatic rings. The lowest BCUT2D eigenvalue weighted by atomic mass is 10.1. The van der Waals surface area contributed by atoms with E-state index in [2.05, 4.69) is 5.32 Å². The van der Waals surface area contributed by atoms with Crippen LogP contribution in [0.25, 0.3) is 0 Å². The quantitative estimate of drug-likeness (QED) is 0.841. The molecule has 0 saturated carbocycles. The van der Waals surface area contributed by atoms with E-state index in [4.69, 9.17) is 14.2 Å². The van der Waals surface area contributed by atoms with E-state index >= 15 is 0 Å². The topological polar surface area (TPSA) is 73.9 Å². The van der Waals surface area contributed by atoms with E-state index in [1.807, 2.05) is 12.1 Å². The minimum atomic E-state index is -0.918. The zero-order chi connectivity index (χ0) is 18.8. The Balaban J connectivity index is 1.38. The van der Waals surface area contributed by atoms with Gasteiger partial charge in [0.25, 0.3) is 5.91 Å². The molecule has 1 atom stereocenters. The number of rotatable bonds is 4. The highest BCUT2D eigenvalue weighted by molar-refractivity contribution is 5.97. The molecule has 27 heavy (non-hydrogen) atoms. The number of fused-ring (bicyclic) bond motifs is 2. The second-order valence-electron chi connectivity index (χ2n) is 6.73. The molecule has 6 heteroatoms. The molecule has 0 spiro atoms. The second-order valence-corrected chi connectivity index (χ2v) is 6.73. The van der Waals surface area contributed by atoms with Crippen LogP contribution in [0.3, 0.4) is 0 Å². The highest BCUT2D eigenvalue weighted by atomic mass is 16.6. The molecule has 0 radical (unpaired) electrons. The molecule has 140 valence electrons. The predicted molar refractivity (Wildman–Crippen MR) is 99.4 cm³/mol. The highest BCUT2D eigenvalue weighted by Gasteiger charge is 2.21. The summed E-state index contributed by atoms with van der Waals surface area (Å²) in [5.74, 6) is 0.341. The van der Waals surface area contributed by atoms with Crippen molar-refractivity contribution in [1.29, 1.82) is 0 Å². The van der Waals surface area contributed by atoms with Crippen LogP contribution in [0, 0.1) is 0 Å². The molecule has 0 bridgehead atoms. The maximum absolute atomic E-state index is 12.4. The van der Waals surface area contributed by atoms with Crippen LogP contribution in [0.1, 0.15) is 34.8 Å². The number of ether oxygens (including phenoxy) is 3. The summed E-state index contributed by atoms with van der Waals surface area (Å²) >= 11 is 0. The van der Waals surface area contributed by atoms with E-state index in [-0.39, 0.29) is 0 Å². The summed E-state index contributed by atoms with van der Waals surface area (Å²) in [5, 5.41) is 2.74. The molecule has 4 rings (SSSR count).